The molecule has 2 amide bonds. The molecule has 0 unspecified atom stereocenters. The number of para-hydroxylation sites is 1. The maximum absolute atomic E-state index is 13.3. The van der Waals surface area contributed by atoms with Crippen LogP contribution in [0.4, 0.5) is 0 Å². The molecule has 2 atom stereocenters. The van der Waals surface area contributed by atoms with Gasteiger partial charge in [0.05, 0.1) is 26.2 Å². The van der Waals surface area contributed by atoms with Gasteiger partial charge in [-0.1, -0.05) is 43.7 Å². The average molecular weight is 425 g/mol. The Morgan fingerprint density at radius 3 is 2.52 bits per heavy atom. The standard InChI is InChI=1S/C25H32N2O4/c1-4-5-16-27-23(28)15-14-21(24(27)20-8-6-7-9-22(20)31-3)25(29)26-17-18-10-12-19(30-2)13-11-18/h6-13,21,24H,4-5,14-17H2,1-3H3,(H,26,29)/t21-,24+/m1/s1. The van der Waals surface area contributed by atoms with E-state index < -0.39 is 0 Å². The van der Waals surface area contributed by atoms with Crippen molar-refractivity contribution in [3.05, 3.63) is 59.7 Å². The fourth-order valence-corrected chi connectivity index (χ4v) is 4.18. The van der Waals surface area contributed by atoms with E-state index in [1.54, 1.807) is 14.2 Å². The van der Waals surface area contributed by atoms with Crippen LogP contribution in [0.2, 0.25) is 0 Å². The molecule has 3 rings (SSSR count). The molecule has 1 fully saturated rings. The van der Waals surface area contributed by atoms with Gasteiger partial charge in [0.1, 0.15) is 11.5 Å². The number of ether oxygens (including phenoxy) is 2. The van der Waals surface area contributed by atoms with Crippen LogP contribution in [0.3, 0.4) is 0 Å². The minimum Gasteiger partial charge on any atom is -0.497 e. The highest BCUT2D eigenvalue weighted by Gasteiger charge is 2.41. The predicted molar refractivity (Wildman–Crippen MR) is 120 cm³/mol. The monoisotopic (exact) mass is 424 g/mol. The molecule has 1 saturated heterocycles. The van der Waals surface area contributed by atoms with Crippen molar-refractivity contribution >= 4 is 11.8 Å². The van der Waals surface area contributed by atoms with Gasteiger partial charge < -0.3 is 19.7 Å². The van der Waals surface area contributed by atoms with E-state index >= 15 is 0 Å². The van der Waals surface area contributed by atoms with E-state index in [2.05, 4.69) is 12.2 Å². The molecule has 2 aromatic rings. The predicted octanol–water partition coefficient (Wildman–Crippen LogP) is 4.10. The van der Waals surface area contributed by atoms with Gasteiger partial charge in [-0.25, -0.2) is 0 Å². The van der Waals surface area contributed by atoms with Gasteiger partial charge in [0.2, 0.25) is 11.8 Å². The average Bonchev–Trinajstić information content (AvgIpc) is 2.81. The molecule has 31 heavy (non-hydrogen) atoms. The summed E-state index contributed by atoms with van der Waals surface area (Å²) >= 11 is 0. The van der Waals surface area contributed by atoms with Gasteiger partial charge in [-0.05, 0) is 36.6 Å². The Morgan fingerprint density at radius 1 is 1.10 bits per heavy atom. The van der Waals surface area contributed by atoms with Gasteiger partial charge in [-0.15, -0.1) is 0 Å². The molecule has 0 spiro atoms. The van der Waals surface area contributed by atoms with E-state index in [4.69, 9.17) is 9.47 Å². The summed E-state index contributed by atoms with van der Waals surface area (Å²) in [6.07, 6.45) is 2.79. The van der Waals surface area contributed by atoms with E-state index in [0.717, 1.165) is 29.7 Å². The quantitative estimate of drug-likeness (QED) is 0.658. The highest BCUT2D eigenvalue weighted by molar-refractivity contribution is 5.85. The summed E-state index contributed by atoms with van der Waals surface area (Å²) < 4.78 is 10.8. The third-order valence-corrected chi connectivity index (χ3v) is 5.88. The first-order valence-electron chi connectivity index (χ1n) is 10.9. The lowest BCUT2D eigenvalue weighted by molar-refractivity contribution is -0.143. The smallest absolute Gasteiger partial charge is 0.225 e. The Bertz CT molecular complexity index is 881. The zero-order valence-electron chi connectivity index (χ0n) is 18.6. The number of amides is 2. The normalized spacial score (nSPS) is 18.5. The first kappa shape index (κ1) is 22.7. The van der Waals surface area contributed by atoms with Gasteiger partial charge in [-0.3, -0.25) is 9.59 Å². The summed E-state index contributed by atoms with van der Waals surface area (Å²) in [7, 11) is 3.25. The van der Waals surface area contributed by atoms with E-state index in [-0.39, 0.29) is 23.8 Å². The minimum atomic E-state index is -0.334. The number of hydrogen-bond donors (Lipinski definition) is 1. The van der Waals surface area contributed by atoms with Crippen LogP contribution in [0.5, 0.6) is 11.5 Å². The van der Waals surface area contributed by atoms with Crippen molar-refractivity contribution < 1.29 is 19.1 Å². The minimum absolute atomic E-state index is 0.0410. The number of piperidine rings is 1. The highest BCUT2D eigenvalue weighted by atomic mass is 16.5. The largest absolute Gasteiger partial charge is 0.497 e. The number of hydrogen-bond acceptors (Lipinski definition) is 4. The number of rotatable bonds is 9. The Labute approximate surface area is 184 Å². The second-order valence-electron chi connectivity index (χ2n) is 7.84. The van der Waals surface area contributed by atoms with Crippen molar-refractivity contribution in [3.63, 3.8) is 0 Å². The lowest BCUT2D eigenvalue weighted by Gasteiger charge is -2.41. The summed E-state index contributed by atoms with van der Waals surface area (Å²) in [4.78, 5) is 28.0. The van der Waals surface area contributed by atoms with Crippen molar-refractivity contribution in [2.75, 3.05) is 20.8 Å². The molecule has 6 nitrogen and oxygen atoms in total. The molecular formula is C25H32N2O4. The number of methoxy groups -OCH3 is 2. The lowest BCUT2D eigenvalue weighted by Crippen LogP contribution is -2.48. The summed E-state index contributed by atoms with van der Waals surface area (Å²) in [5.41, 5.74) is 1.89. The zero-order valence-corrected chi connectivity index (χ0v) is 18.6. The fraction of sp³-hybridized carbons (Fsp3) is 0.440. The van der Waals surface area contributed by atoms with Crippen LogP contribution in [0.1, 0.15) is 49.8 Å². The maximum atomic E-state index is 13.3. The maximum Gasteiger partial charge on any atom is 0.225 e. The Balaban J connectivity index is 1.84. The Morgan fingerprint density at radius 2 is 1.84 bits per heavy atom. The number of nitrogens with zero attached hydrogens (tertiary/aromatic N) is 1. The van der Waals surface area contributed by atoms with Crippen molar-refractivity contribution in [1.82, 2.24) is 10.2 Å². The van der Waals surface area contributed by atoms with Gasteiger partial charge in [-0.2, -0.15) is 0 Å². The van der Waals surface area contributed by atoms with Crippen LogP contribution in [0.25, 0.3) is 0 Å². The van der Waals surface area contributed by atoms with Gasteiger partial charge in [0.15, 0.2) is 0 Å². The number of carbonyl (C=O) groups is 2. The second kappa shape index (κ2) is 10.8. The summed E-state index contributed by atoms with van der Waals surface area (Å²) in [5, 5.41) is 3.08. The molecule has 2 aromatic carbocycles. The number of unbranched alkanes of at least 4 members (excludes halogenated alkanes) is 1. The van der Waals surface area contributed by atoms with Gasteiger partial charge in [0.25, 0.3) is 0 Å². The Hall–Kier alpha value is -3.02. The van der Waals surface area contributed by atoms with Crippen molar-refractivity contribution in [1.29, 1.82) is 0 Å². The van der Waals surface area contributed by atoms with Gasteiger partial charge >= 0.3 is 0 Å². The number of nitrogens with one attached hydrogen (secondary N) is 1. The summed E-state index contributed by atoms with van der Waals surface area (Å²) in [5.74, 6) is 1.22. The third-order valence-electron chi connectivity index (χ3n) is 5.88. The summed E-state index contributed by atoms with van der Waals surface area (Å²) in [6.45, 7) is 3.17. The highest BCUT2D eigenvalue weighted by Crippen LogP contribution is 2.40. The van der Waals surface area contributed by atoms with Crippen LogP contribution in [0.15, 0.2) is 48.5 Å². The van der Waals surface area contributed by atoms with Crippen molar-refractivity contribution in [2.24, 2.45) is 5.92 Å². The molecular weight excluding hydrogens is 392 g/mol. The number of benzene rings is 2. The van der Waals surface area contributed by atoms with E-state index in [0.29, 0.717) is 31.7 Å². The molecule has 6 heteroatoms. The van der Waals surface area contributed by atoms with Crippen molar-refractivity contribution in [2.45, 2.75) is 45.2 Å². The first-order chi connectivity index (χ1) is 15.1. The van der Waals surface area contributed by atoms with Crippen molar-refractivity contribution in [3.8, 4) is 11.5 Å². The van der Waals surface area contributed by atoms with E-state index in [1.807, 2.05) is 53.4 Å². The van der Waals surface area contributed by atoms with Crippen LogP contribution in [-0.2, 0) is 16.1 Å². The molecule has 166 valence electrons. The van der Waals surface area contributed by atoms with Crippen LogP contribution >= 0.6 is 0 Å². The zero-order chi connectivity index (χ0) is 22.2. The van der Waals surface area contributed by atoms with E-state index in [1.165, 1.54) is 0 Å². The molecule has 1 aliphatic heterocycles. The number of likely N-dealkylation sites (tertiary alicyclic amines) is 1. The topological polar surface area (TPSA) is 67.9 Å². The Kier molecular flexibility index (Phi) is 7.93. The molecule has 0 aromatic heterocycles. The second-order valence-corrected chi connectivity index (χ2v) is 7.84. The van der Waals surface area contributed by atoms with Crippen LogP contribution in [-0.4, -0.2) is 37.5 Å². The molecule has 0 aliphatic carbocycles. The molecule has 0 radical (unpaired) electrons. The molecule has 1 aliphatic rings. The molecule has 0 bridgehead atoms. The summed E-state index contributed by atoms with van der Waals surface area (Å²) in [6, 6.07) is 15.0. The molecule has 0 saturated carbocycles. The SMILES string of the molecule is CCCCN1C(=O)CC[C@@H](C(=O)NCc2ccc(OC)cc2)[C@@H]1c1ccccc1OC. The van der Waals surface area contributed by atoms with Crippen LogP contribution < -0.4 is 14.8 Å². The molecule has 1 heterocycles. The van der Waals surface area contributed by atoms with Gasteiger partial charge in [0, 0.05) is 25.1 Å². The lowest BCUT2D eigenvalue weighted by atomic mass is 9.83. The van der Waals surface area contributed by atoms with Crippen LogP contribution in [0, 0.1) is 5.92 Å². The third kappa shape index (κ3) is 5.37. The van der Waals surface area contributed by atoms with E-state index in [9.17, 15) is 9.59 Å². The first-order valence-corrected chi connectivity index (χ1v) is 10.9. The number of carbonyl (C=O) groups excluding carboxylic acids is 2. The fourth-order valence-electron chi connectivity index (χ4n) is 4.18. The molecule has 1 N–H and O–H groups in total.